The number of para-hydroxylation sites is 1. The number of esters is 1. The monoisotopic (exact) mass is 416 g/mol. The number of aryl methyl sites for hydroxylation is 1. The molecule has 1 aromatic carbocycles. The number of ketones is 1. The zero-order valence-electron chi connectivity index (χ0n) is 15.6. The lowest BCUT2D eigenvalue weighted by Gasteiger charge is -2.12. The van der Waals surface area contributed by atoms with E-state index in [4.69, 9.17) is 0 Å². The van der Waals surface area contributed by atoms with Crippen molar-refractivity contribution in [2.24, 2.45) is 0 Å². The Morgan fingerprint density at radius 1 is 1.21 bits per heavy atom. The topological polar surface area (TPSA) is 78.3 Å². The van der Waals surface area contributed by atoms with E-state index in [0.29, 0.717) is 20.9 Å². The Hall–Kier alpha value is -2.45. The molecule has 0 bridgehead atoms. The van der Waals surface area contributed by atoms with Crippen LogP contribution in [0.1, 0.15) is 27.9 Å². The molecule has 0 N–H and O–H groups in total. The van der Waals surface area contributed by atoms with Crippen molar-refractivity contribution in [2.45, 2.75) is 31.5 Å². The van der Waals surface area contributed by atoms with Gasteiger partial charge in [0.2, 0.25) is 0 Å². The fraction of sp³-hybridized carbons (Fsp3) is 0.300. The summed E-state index contributed by atoms with van der Waals surface area (Å²) in [7, 11) is 1.31. The first kappa shape index (κ1) is 20.3. The third kappa shape index (κ3) is 4.51. The number of Topliss-reactive ketones (excluding diaryl/α,β-unsaturated/α-hetero) is 1. The molecule has 2 aromatic heterocycles. The molecule has 0 spiro atoms. The van der Waals surface area contributed by atoms with E-state index in [2.05, 4.69) is 9.72 Å². The Labute approximate surface area is 170 Å². The lowest BCUT2D eigenvalue weighted by molar-refractivity contribution is -0.140. The Balaban J connectivity index is 1.88. The molecule has 0 aliphatic heterocycles. The highest BCUT2D eigenvalue weighted by molar-refractivity contribution is 7.99. The smallest absolute Gasteiger partial charge is 0.307 e. The maximum atomic E-state index is 12.9. The number of nitrogens with zero attached hydrogens (tertiary/aromatic N) is 2. The molecule has 146 valence electrons. The van der Waals surface area contributed by atoms with E-state index in [1.807, 2.05) is 25.1 Å². The van der Waals surface area contributed by atoms with Crippen molar-refractivity contribution in [3.8, 4) is 0 Å². The maximum Gasteiger partial charge on any atom is 0.307 e. The predicted octanol–water partition coefficient (Wildman–Crippen LogP) is 3.56. The van der Waals surface area contributed by atoms with Crippen molar-refractivity contribution in [3.05, 3.63) is 56.5 Å². The lowest BCUT2D eigenvalue weighted by Crippen LogP contribution is -2.25. The van der Waals surface area contributed by atoms with Gasteiger partial charge < -0.3 is 4.74 Å². The number of hydrogen-bond acceptors (Lipinski definition) is 7. The van der Waals surface area contributed by atoms with Gasteiger partial charge in [-0.2, -0.15) is 0 Å². The standard InChI is InChI=1S/C20H20N2O4S2/c1-3-13-8-9-17(28-13)16(23)12-27-20-21-15-7-5-4-6-14(15)19(25)22(20)11-10-18(24)26-2/h4-9H,3,10-12H2,1-2H3. The molecule has 0 fully saturated rings. The van der Waals surface area contributed by atoms with Gasteiger partial charge in [-0.1, -0.05) is 30.8 Å². The summed E-state index contributed by atoms with van der Waals surface area (Å²) < 4.78 is 6.12. The molecular weight excluding hydrogens is 396 g/mol. The average Bonchev–Trinajstić information content (AvgIpc) is 3.20. The highest BCUT2D eigenvalue weighted by Crippen LogP contribution is 2.23. The summed E-state index contributed by atoms with van der Waals surface area (Å²) in [5, 5.41) is 0.905. The van der Waals surface area contributed by atoms with E-state index in [-0.39, 0.29) is 30.1 Å². The number of ether oxygens (including phenoxy) is 1. The van der Waals surface area contributed by atoms with Crippen LogP contribution in [0.15, 0.2) is 46.3 Å². The maximum absolute atomic E-state index is 12.9. The summed E-state index contributed by atoms with van der Waals surface area (Å²) in [6, 6.07) is 10.9. The minimum Gasteiger partial charge on any atom is -0.469 e. The number of rotatable bonds is 8. The Bertz CT molecular complexity index is 1070. The fourth-order valence-corrected chi connectivity index (χ4v) is 4.56. The largest absolute Gasteiger partial charge is 0.469 e. The van der Waals surface area contributed by atoms with Gasteiger partial charge in [0.25, 0.3) is 5.56 Å². The minimum absolute atomic E-state index is 0.00312. The highest BCUT2D eigenvalue weighted by atomic mass is 32.2. The van der Waals surface area contributed by atoms with Gasteiger partial charge in [-0.15, -0.1) is 11.3 Å². The van der Waals surface area contributed by atoms with Gasteiger partial charge in [-0.3, -0.25) is 19.0 Å². The summed E-state index contributed by atoms with van der Waals surface area (Å²) in [4.78, 5) is 43.4. The van der Waals surface area contributed by atoms with E-state index in [1.54, 1.807) is 18.2 Å². The van der Waals surface area contributed by atoms with Crippen molar-refractivity contribution in [1.82, 2.24) is 9.55 Å². The number of carbonyl (C=O) groups excluding carboxylic acids is 2. The van der Waals surface area contributed by atoms with Crippen molar-refractivity contribution in [2.75, 3.05) is 12.9 Å². The van der Waals surface area contributed by atoms with E-state index >= 15 is 0 Å². The van der Waals surface area contributed by atoms with Crippen LogP contribution in [-0.4, -0.2) is 34.2 Å². The van der Waals surface area contributed by atoms with Crippen LogP contribution in [0.4, 0.5) is 0 Å². The van der Waals surface area contributed by atoms with Crippen LogP contribution in [0.2, 0.25) is 0 Å². The van der Waals surface area contributed by atoms with Crippen LogP contribution >= 0.6 is 23.1 Å². The predicted molar refractivity (Wildman–Crippen MR) is 111 cm³/mol. The first-order valence-electron chi connectivity index (χ1n) is 8.84. The first-order chi connectivity index (χ1) is 13.5. The molecule has 0 atom stereocenters. The van der Waals surface area contributed by atoms with Gasteiger partial charge in [-0.05, 0) is 30.7 Å². The van der Waals surface area contributed by atoms with Crippen molar-refractivity contribution in [1.29, 1.82) is 0 Å². The van der Waals surface area contributed by atoms with Gasteiger partial charge >= 0.3 is 5.97 Å². The van der Waals surface area contributed by atoms with E-state index < -0.39 is 5.97 Å². The second kappa shape index (κ2) is 9.16. The first-order valence-corrected chi connectivity index (χ1v) is 10.6. The molecule has 6 nitrogen and oxygen atoms in total. The van der Waals surface area contributed by atoms with Crippen LogP contribution in [-0.2, 0) is 22.5 Å². The number of fused-ring (bicyclic) bond motifs is 1. The number of methoxy groups -OCH3 is 1. The minimum atomic E-state index is -0.405. The van der Waals surface area contributed by atoms with Crippen LogP contribution in [0, 0.1) is 0 Å². The molecule has 0 unspecified atom stereocenters. The van der Waals surface area contributed by atoms with Crippen molar-refractivity contribution >= 4 is 45.8 Å². The molecule has 0 radical (unpaired) electrons. The molecule has 0 saturated heterocycles. The van der Waals surface area contributed by atoms with Crippen molar-refractivity contribution < 1.29 is 14.3 Å². The highest BCUT2D eigenvalue weighted by Gasteiger charge is 2.16. The lowest BCUT2D eigenvalue weighted by atomic mass is 10.2. The van der Waals surface area contributed by atoms with Crippen molar-refractivity contribution in [3.63, 3.8) is 0 Å². The molecule has 3 rings (SSSR count). The Kier molecular flexibility index (Phi) is 6.64. The quantitative estimate of drug-likeness (QED) is 0.242. The number of benzene rings is 1. The molecule has 8 heteroatoms. The fourth-order valence-electron chi connectivity index (χ4n) is 2.68. The van der Waals surface area contributed by atoms with Gasteiger partial charge in [0, 0.05) is 11.4 Å². The number of thioether (sulfide) groups is 1. The summed E-state index contributed by atoms with van der Waals surface area (Å²) in [5.74, 6) is -0.235. The molecular formula is C20H20N2O4S2. The molecule has 0 aliphatic rings. The zero-order chi connectivity index (χ0) is 20.1. The number of carbonyl (C=O) groups is 2. The average molecular weight is 417 g/mol. The van der Waals surface area contributed by atoms with Crippen LogP contribution in [0.25, 0.3) is 10.9 Å². The van der Waals surface area contributed by atoms with Gasteiger partial charge in [0.1, 0.15) is 0 Å². The van der Waals surface area contributed by atoms with Crippen LogP contribution in [0.3, 0.4) is 0 Å². The molecule has 2 heterocycles. The zero-order valence-corrected chi connectivity index (χ0v) is 17.3. The molecule has 0 amide bonds. The molecule has 3 aromatic rings. The van der Waals surface area contributed by atoms with Crippen LogP contribution < -0.4 is 5.56 Å². The molecule has 28 heavy (non-hydrogen) atoms. The summed E-state index contributed by atoms with van der Waals surface area (Å²) >= 11 is 2.70. The molecule has 0 aliphatic carbocycles. The van der Waals surface area contributed by atoms with Gasteiger partial charge in [0.05, 0.1) is 35.1 Å². The van der Waals surface area contributed by atoms with E-state index in [0.717, 1.165) is 11.3 Å². The number of thiophene rings is 1. The second-order valence-corrected chi connectivity index (χ2v) is 8.14. The Morgan fingerprint density at radius 3 is 2.71 bits per heavy atom. The van der Waals surface area contributed by atoms with E-state index in [9.17, 15) is 14.4 Å². The SMILES string of the molecule is CCc1ccc(C(=O)CSc2nc3ccccc3c(=O)n2CCC(=O)OC)s1. The normalized spacial score (nSPS) is 10.9. The molecule has 0 saturated carbocycles. The van der Waals surface area contributed by atoms with Crippen LogP contribution in [0.5, 0.6) is 0 Å². The third-order valence-electron chi connectivity index (χ3n) is 4.21. The van der Waals surface area contributed by atoms with Gasteiger partial charge in [-0.25, -0.2) is 4.98 Å². The summed E-state index contributed by atoms with van der Waals surface area (Å²) in [6.45, 7) is 2.20. The summed E-state index contributed by atoms with van der Waals surface area (Å²) in [6.07, 6.45) is 0.951. The summed E-state index contributed by atoms with van der Waals surface area (Å²) in [5.41, 5.74) is 0.343. The Morgan fingerprint density at radius 2 is 2.00 bits per heavy atom. The number of aromatic nitrogens is 2. The van der Waals surface area contributed by atoms with Gasteiger partial charge in [0.15, 0.2) is 10.9 Å². The third-order valence-corrected chi connectivity index (χ3v) is 6.46. The van der Waals surface area contributed by atoms with E-state index in [1.165, 1.54) is 34.8 Å². The number of hydrogen-bond donors (Lipinski definition) is 0. The second-order valence-electron chi connectivity index (χ2n) is 6.03.